The summed E-state index contributed by atoms with van der Waals surface area (Å²) in [5, 5.41) is 26.4. The van der Waals surface area contributed by atoms with E-state index in [0.717, 1.165) is 30.3 Å². The van der Waals surface area contributed by atoms with Crippen molar-refractivity contribution in [2.75, 3.05) is 0 Å². The van der Waals surface area contributed by atoms with Gasteiger partial charge in [-0.25, -0.2) is 0 Å². The first kappa shape index (κ1) is 17.7. The van der Waals surface area contributed by atoms with Crippen molar-refractivity contribution in [3.8, 4) is 11.8 Å². The molecule has 6 nitrogen and oxygen atoms in total. The van der Waals surface area contributed by atoms with Gasteiger partial charge < -0.3 is 14.3 Å². The fourth-order valence-electron chi connectivity index (χ4n) is 2.77. The minimum absolute atomic E-state index is 0.0839. The minimum Gasteiger partial charge on any atom is -0.459 e. The molecule has 1 unspecified atom stereocenters. The van der Waals surface area contributed by atoms with Gasteiger partial charge in [0.1, 0.15) is 18.3 Å². The van der Waals surface area contributed by atoms with E-state index in [1.807, 2.05) is 6.07 Å². The smallest absolute Gasteiger partial charge is 0.416 e. The van der Waals surface area contributed by atoms with Crippen LogP contribution >= 0.6 is 0 Å². The zero-order valence-electron chi connectivity index (χ0n) is 13.0. The predicted molar refractivity (Wildman–Crippen MR) is 81.6 cm³/mol. The highest BCUT2D eigenvalue weighted by Gasteiger charge is 2.41. The molecule has 3 rings (SSSR count). The van der Waals surface area contributed by atoms with Crippen LogP contribution in [0.5, 0.6) is 5.75 Å². The number of alkyl halides is 3. The lowest BCUT2D eigenvalue weighted by atomic mass is 9.82. The van der Waals surface area contributed by atoms with Gasteiger partial charge in [0, 0.05) is 6.07 Å². The highest BCUT2D eigenvalue weighted by Crippen LogP contribution is 2.41. The molecule has 0 spiro atoms. The van der Waals surface area contributed by atoms with Gasteiger partial charge in [-0.05, 0) is 17.7 Å². The number of nitrogens with zero attached hydrogens (tertiary/aromatic N) is 1. The van der Waals surface area contributed by atoms with E-state index in [2.05, 4.69) is 0 Å². The zero-order valence-corrected chi connectivity index (χ0v) is 13.0. The second-order valence-electron chi connectivity index (χ2n) is 5.60. The first-order valence-corrected chi connectivity index (χ1v) is 7.37. The summed E-state index contributed by atoms with van der Waals surface area (Å²) in [4.78, 5) is 12.1. The summed E-state index contributed by atoms with van der Waals surface area (Å²) in [5.41, 5.74) is -1.28. The fourth-order valence-corrected chi connectivity index (χ4v) is 2.77. The second-order valence-corrected chi connectivity index (χ2v) is 5.60. The van der Waals surface area contributed by atoms with Crippen LogP contribution in [0.3, 0.4) is 0 Å². The highest BCUT2D eigenvalue weighted by molar-refractivity contribution is 5.84. The molecule has 0 amide bonds. The summed E-state index contributed by atoms with van der Waals surface area (Å²) in [7, 11) is 0. The number of ether oxygens (including phenoxy) is 1. The summed E-state index contributed by atoms with van der Waals surface area (Å²) in [6.07, 6.45) is -4.52. The molecule has 26 heavy (non-hydrogen) atoms. The van der Waals surface area contributed by atoms with Crippen molar-refractivity contribution in [3.63, 3.8) is 0 Å². The van der Waals surface area contributed by atoms with Crippen LogP contribution in [0.2, 0.25) is 0 Å². The third-order valence-corrected chi connectivity index (χ3v) is 3.98. The molecule has 2 N–H and O–H groups in total. The van der Waals surface area contributed by atoms with E-state index >= 15 is 0 Å². The van der Waals surface area contributed by atoms with E-state index < -0.39 is 41.5 Å². The molecule has 1 aromatic carbocycles. The second kappa shape index (κ2) is 6.31. The Morgan fingerprint density at radius 1 is 1.27 bits per heavy atom. The number of aliphatic hydroxyl groups is 1. The van der Waals surface area contributed by atoms with Crippen LogP contribution in [0.15, 0.2) is 39.5 Å². The Hall–Kier alpha value is -3.12. The third-order valence-electron chi connectivity index (χ3n) is 3.98. The number of benzene rings is 1. The molecule has 1 aliphatic rings. The van der Waals surface area contributed by atoms with Crippen molar-refractivity contribution < 1.29 is 27.4 Å². The van der Waals surface area contributed by atoms with Gasteiger partial charge in [0.2, 0.25) is 17.1 Å². The van der Waals surface area contributed by atoms with Crippen LogP contribution in [0.4, 0.5) is 13.2 Å². The van der Waals surface area contributed by atoms with Crippen molar-refractivity contribution in [2.24, 2.45) is 5.92 Å². The molecule has 9 heteroatoms. The van der Waals surface area contributed by atoms with E-state index in [-0.39, 0.29) is 22.8 Å². The van der Waals surface area contributed by atoms with E-state index in [4.69, 9.17) is 14.6 Å². The number of nitriles is 1. The van der Waals surface area contributed by atoms with Gasteiger partial charge in [0.25, 0.3) is 0 Å². The molecule has 0 bridgehead atoms. The van der Waals surface area contributed by atoms with Gasteiger partial charge in [-0.3, -0.25) is 10.2 Å². The molecular formula is C17H11F3N2O4. The van der Waals surface area contributed by atoms with Gasteiger partial charge >= 0.3 is 6.18 Å². The van der Waals surface area contributed by atoms with E-state index in [0.29, 0.717) is 0 Å². The molecule has 1 aromatic heterocycles. The fraction of sp³-hybridized carbons (Fsp3) is 0.235. The topological polar surface area (TPSA) is 107 Å². The van der Waals surface area contributed by atoms with E-state index in [9.17, 15) is 28.3 Å². The van der Waals surface area contributed by atoms with E-state index in [1.165, 1.54) is 0 Å². The third kappa shape index (κ3) is 2.95. The van der Waals surface area contributed by atoms with Crippen LogP contribution < -0.4 is 10.2 Å². The Labute approximate surface area is 144 Å². The average molecular weight is 364 g/mol. The van der Waals surface area contributed by atoms with Crippen LogP contribution in [-0.4, -0.2) is 11.0 Å². The van der Waals surface area contributed by atoms with Gasteiger partial charge in [-0.15, -0.1) is 0 Å². The number of halogens is 3. The molecule has 2 heterocycles. The standard InChI is InChI=1S/C17H11F3N2O4/c18-17(19,20)9-3-1-8(2-4-9)13-11(6-21)16(22)26-14-12(24)5-10(7-23)25-15(13)14/h1-5,11,13,22-23H,7H2/t11?,13-/m0/s1. The van der Waals surface area contributed by atoms with Gasteiger partial charge in [0.15, 0.2) is 5.76 Å². The number of fused-ring (bicyclic) bond motifs is 1. The van der Waals surface area contributed by atoms with Gasteiger partial charge in [-0.2, -0.15) is 18.4 Å². The quantitative estimate of drug-likeness (QED) is 0.852. The molecule has 2 aromatic rings. The zero-order chi connectivity index (χ0) is 19.1. The number of hydrogen-bond acceptors (Lipinski definition) is 6. The Morgan fingerprint density at radius 2 is 1.92 bits per heavy atom. The Morgan fingerprint density at radius 3 is 2.46 bits per heavy atom. The monoisotopic (exact) mass is 364 g/mol. The lowest BCUT2D eigenvalue weighted by Crippen LogP contribution is -2.33. The van der Waals surface area contributed by atoms with Gasteiger partial charge in [0.05, 0.1) is 17.6 Å². The van der Waals surface area contributed by atoms with Crippen molar-refractivity contribution in [2.45, 2.75) is 18.7 Å². The lowest BCUT2D eigenvalue weighted by Gasteiger charge is -2.28. The molecule has 1 aliphatic heterocycles. The number of hydrogen-bond donors (Lipinski definition) is 2. The number of nitrogens with one attached hydrogen (secondary N) is 1. The van der Waals surface area contributed by atoms with Crippen LogP contribution in [0.25, 0.3) is 0 Å². The lowest BCUT2D eigenvalue weighted by molar-refractivity contribution is -0.137. The Kier molecular flexibility index (Phi) is 4.29. The van der Waals surface area contributed by atoms with Crippen LogP contribution in [-0.2, 0) is 12.8 Å². The van der Waals surface area contributed by atoms with Gasteiger partial charge in [-0.1, -0.05) is 12.1 Å². The number of aliphatic hydroxyl groups excluding tert-OH is 1. The minimum atomic E-state index is -4.52. The van der Waals surface area contributed by atoms with Crippen LogP contribution in [0.1, 0.15) is 28.6 Å². The summed E-state index contributed by atoms with van der Waals surface area (Å²) >= 11 is 0. The highest BCUT2D eigenvalue weighted by atomic mass is 19.4. The van der Waals surface area contributed by atoms with Crippen molar-refractivity contribution in [1.29, 1.82) is 10.7 Å². The molecular weight excluding hydrogens is 353 g/mol. The molecule has 0 radical (unpaired) electrons. The summed E-state index contributed by atoms with van der Waals surface area (Å²) < 4.78 is 48.8. The van der Waals surface area contributed by atoms with Crippen LogP contribution in [0, 0.1) is 22.7 Å². The molecule has 0 fully saturated rings. The van der Waals surface area contributed by atoms with Crippen molar-refractivity contribution in [3.05, 3.63) is 63.2 Å². The molecule has 0 saturated carbocycles. The van der Waals surface area contributed by atoms with E-state index in [1.54, 1.807) is 0 Å². The molecule has 134 valence electrons. The molecule has 2 atom stereocenters. The molecule has 0 saturated heterocycles. The van der Waals surface area contributed by atoms with Crippen molar-refractivity contribution in [1.82, 2.24) is 0 Å². The molecule has 0 aliphatic carbocycles. The summed E-state index contributed by atoms with van der Waals surface area (Å²) in [6.45, 7) is -0.586. The average Bonchev–Trinajstić information content (AvgIpc) is 2.60. The first-order chi connectivity index (χ1) is 12.3. The SMILES string of the molecule is N#CC1C(=N)Oc2c(oc(CO)cc2=O)[C@H]1c1ccc(C(F)(F)F)cc1. The largest absolute Gasteiger partial charge is 0.459 e. The normalized spacial score (nSPS) is 19.4. The maximum Gasteiger partial charge on any atom is 0.416 e. The Bertz CT molecular complexity index is 958. The number of rotatable bonds is 2. The first-order valence-electron chi connectivity index (χ1n) is 7.37. The summed E-state index contributed by atoms with van der Waals surface area (Å²) in [6, 6.07) is 6.84. The van der Waals surface area contributed by atoms with Crippen molar-refractivity contribution >= 4 is 5.90 Å². The predicted octanol–water partition coefficient (Wildman–Crippen LogP) is 2.79. The maximum absolute atomic E-state index is 12.8. The maximum atomic E-state index is 12.8. The Balaban J connectivity index is 2.19. The summed E-state index contributed by atoms with van der Waals surface area (Å²) in [5.74, 6) is -3.23.